The highest BCUT2D eigenvalue weighted by atomic mass is 35.5. The van der Waals surface area contributed by atoms with Gasteiger partial charge in [-0.1, -0.05) is 41.4 Å². The number of carbonyl (C=O) groups is 2. The molecule has 0 bridgehead atoms. The van der Waals surface area contributed by atoms with Gasteiger partial charge in [0.1, 0.15) is 6.04 Å². The molecule has 0 aliphatic heterocycles. The first-order valence-corrected chi connectivity index (χ1v) is 10.2. The summed E-state index contributed by atoms with van der Waals surface area (Å²) in [5.74, 6) is -0.897. The zero-order valence-electron chi connectivity index (χ0n) is 14.6. The maximum absolute atomic E-state index is 12.7. The summed E-state index contributed by atoms with van der Waals surface area (Å²) in [5, 5.41) is 9.54. The van der Waals surface area contributed by atoms with E-state index in [1.807, 2.05) is 4.72 Å². The number of urea groups is 1. The molecule has 0 saturated carbocycles. The Bertz CT molecular complexity index is 967. The van der Waals surface area contributed by atoms with Crippen molar-refractivity contribution in [2.75, 3.05) is 0 Å². The molecule has 2 aromatic carbocycles. The number of rotatable bonds is 6. The Hall–Kier alpha value is -2.33. The number of benzene rings is 2. The van der Waals surface area contributed by atoms with E-state index in [4.69, 9.17) is 28.4 Å². The van der Waals surface area contributed by atoms with Crippen molar-refractivity contribution in [3.05, 3.63) is 64.1 Å². The van der Waals surface area contributed by atoms with Crippen LogP contribution < -0.4 is 10.2 Å². The average Bonchev–Trinajstić information content (AvgIpc) is 2.66. The van der Waals surface area contributed by atoms with Crippen molar-refractivity contribution in [2.45, 2.75) is 24.4 Å². The van der Waals surface area contributed by atoms with E-state index in [9.17, 15) is 18.0 Å². The maximum Gasteiger partial charge on any atom is 0.332 e. The van der Waals surface area contributed by atoms with Crippen LogP contribution in [-0.2, 0) is 21.4 Å². The Morgan fingerprint density at radius 1 is 1.11 bits per heavy atom. The smallest absolute Gasteiger partial charge is 0.308 e. The van der Waals surface area contributed by atoms with Crippen LogP contribution in [-0.4, -0.2) is 36.5 Å². The number of hydrogen-bond donors (Lipinski definition) is 3. The van der Waals surface area contributed by atoms with Crippen LogP contribution in [0.5, 0.6) is 0 Å². The summed E-state index contributed by atoms with van der Waals surface area (Å²) in [5.41, 5.74) is 1.93. The highest BCUT2D eigenvalue weighted by Gasteiger charge is 2.29. The van der Waals surface area contributed by atoms with Gasteiger partial charge in [-0.05, 0) is 42.8 Å². The van der Waals surface area contributed by atoms with Crippen LogP contribution in [0.1, 0.15) is 12.5 Å². The Labute approximate surface area is 172 Å². The molecule has 2 aromatic rings. The number of amides is 3. The highest BCUT2D eigenvalue weighted by Crippen LogP contribution is 2.19. The van der Waals surface area contributed by atoms with E-state index in [0.29, 0.717) is 15.6 Å². The van der Waals surface area contributed by atoms with Gasteiger partial charge in [0.2, 0.25) is 0 Å². The summed E-state index contributed by atoms with van der Waals surface area (Å²) in [6, 6.07) is 9.53. The third kappa shape index (κ3) is 5.35. The Balaban J connectivity index is 2.31. The molecule has 3 amide bonds. The third-order valence-corrected chi connectivity index (χ3v) is 5.82. The first-order chi connectivity index (χ1) is 13.2. The van der Waals surface area contributed by atoms with Crippen LogP contribution in [0.3, 0.4) is 0 Å². The fourth-order valence-electron chi connectivity index (χ4n) is 2.28. The van der Waals surface area contributed by atoms with Gasteiger partial charge in [0.25, 0.3) is 15.9 Å². The molecule has 1 atom stereocenters. The second kappa shape index (κ2) is 9.24. The zero-order valence-corrected chi connectivity index (χ0v) is 16.9. The van der Waals surface area contributed by atoms with Crippen LogP contribution in [0.2, 0.25) is 10.0 Å². The van der Waals surface area contributed by atoms with Gasteiger partial charge in [-0.3, -0.25) is 10.0 Å². The van der Waals surface area contributed by atoms with Crippen molar-refractivity contribution < 1.29 is 23.2 Å². The number of sulfonamides is 1. The predicted molar refractivity (Wildman–Crippen MR) is 104 cm³/mol. The van der Waals surface area contributed by atoms with E-state index in [0.717, 1.165) is 4.90 Å². The molecule has 0 aromatic heterocycles. The van der Waals surface area contributed by atoms with Crippen molar-refractivity contribution in [1.82, 2.24) is 15.1 Å². The molecule has 150 valence electrons. The molecule has 8 nitrogen and oxygen atoms in total. The topological polar surface area (TPSA) is 116 Å². The number of hydrogen-bond acceptors (Lipinski definition) is 5. The molecule has 0 fully saturated rings. The Morgan fingerprint density at radius 2 is 1.71 bits per heavy atom. The minimum atomic E-state index is -4.22. The van der Waals surface area contributed by atoms with Crippen LogP contribution in [0.4, 0.5) is 4.79 Å². The van der Waals surface area contributed by atoms with Gasteiger partial charge >= 0.3 is 6.03 Å². The summed E-state index contributed by atoms with van der Waals surface area (Å²) in [4.78, 5) is 25.3. The molecule has 3 N–H and O–H groups in total. The van der Waals surface area contributed by atoms with Crippen molar-refractivity contribution in [2.24, 2.45) is 0 Å². The third-order valence-electron chi connectivity index (χ3n) is 3.86. The van der Waals surface area contributed by atoms with Crippen molar-refractivity contribution >= 4 is 45.2 Å². The lowest BCUT2D eigenvalue weighted by molar-refractivity contribution is -0.133. The lowest BCUT2D eigenvalue weighted by Crippen LogP contribution is -2.51. The quantitative estimate of drug-likeness (QED) is 0.466. The average molecular weight is 446 g/mol. The van der Waals surface area contributed by atoms with E-state index in [-0.39, 0.29) is 11.4 Å². The van der Waals surface area contributed by atoms with Gasteiger partial charge in [0, 0.05) is 16.6 Å². The largest absolute Gasteiger partial charge is 0.332 e. The Morgan fingerprint density at radius 3 is 2.29 bits per heavy atom. The van der Waals surface area contributed by atoms with E-state index < -0.39 is 28.0 Å². The normalized spacial score (nSPS) is 12.1. The van der Waals surface area contributed by atoms with E-state index in [2.05, 4.69) is 0 Å². The fourth-order valence-corrected chi connectivity index (χ4v) is 3.56. The molecule has 28 heavy (non-hydrogen) atoms. The van der Waals surface area contributed by atoms with Gasteiger partial charge in [0.05, 0.1) is 4.90 Å². The van der Waals surface area contributed by atoms with Gasteiger partial charge in [-0.15, -0.1) is 0 Å². The molecular weight excluding hydrogens is 429 g/mol. The predicted octanol–water partition coefficient (Wildman–Crippen LogP) is 2.79. The first kappa shape index (κ1) is 22.0. The summed E-state index contributed by atoms with van der Waals surface area (Å²) in [7, 11) is -4.22. The van der Waals surface area contributed by atoms with E-state index >= 15 is 0 Å². The van der Waals surface area contributed by atoms with E-state index in [1.54, 1.807) is 24.3 Å². The monoisotopic (exact) mass is 445 g/mol. The van der Waals surface area contributed by atoms with Gasteiger partial charge in [-0.2, -0.15) is 0 Å². The molecule has 0 heterocycles. The standard InChI is InChI=1S/C17H17Cl2N3O5S/c1-11(16(23)20-25)22(10-12-4-2-3-5-15(12)19)17(24)21-28(26,27)14-8-6-13(18)7-9-14/h2-9,11,25H,10H2,1H3,(H,20,23)(H,21,24). The molecule has 2 rings (SSSR count). The Kier molecular flexibility index (Phi) is 7.25. The van der Waals surface area contributed by atoms with Crippen molar-refractivity contribution in [3.8, 4) is 0 Å². The molecule has 0 spiro atoms. The number of carbonyl (C=O) groups excluding carboxylic acids is 2. The molecule has 11 heteroatoms. The lowest BCUT2D eigenvalue weighted by Gasteiger charge is -2.28. The number of halogens is 2. The molecule has 0 aliphatic rings. The number of hydroxylamine groups is 1. The highest BCUT2D eigenvalue weighted by molar-refractivity contribution is 7.90. The van der Waals surface area contributed by atoms with Gasteiger partial charge in [-0.25, -0.2) is 23.4 Å². The summed E-state index contributed by atoms with van der Waals surface area (Å²) < 4.78 is 26.8. The molecule has 0 aliphatic carbocycles. The van der Waals surface area contributed by atoms with Crippen LogP contribution >= 0.6 is 23.2 Å². The van der Waals surface area contributed by atoms with Gasteiger partial charge < -0.3 is 4.90 Å². The van der Waals surface area contributed by atoms with Crippen molar-refractivity contribution in [3.63, 3.8) is 0 Å². The van der Waals surface area contributed by atoms with Crippen LogP contribution in [0, 0.1) is 0 Å². The van der Waals surface area contributed by atoms with Crippen molar-refractivity contribution in [1.29, 1.82) is 0 Å². The molecule has 0 radical (unpaired) electrons. The minimum absolute atomic E-state index is 0.170. The second-order valence-electron chi connectivity index (χ2n) is 5.74. The molecule has 0 saturated heterocycles. The number of nitrogens with zero attached hydrogens (tertiary/aromatic N) is 1. The molecule has 1 unspecified atom stereocenters. The fraction of sp³-hybridized carbons (Fsp3) is 0.176. The summed E-state index contributed by atoms with van der Waals surface area (Å²) in [6.07, 6.45) is 0. The zero-order chi connectivity index (χ0) is 20.9. The number of nitrogens with one attached hydrogen (secondary N) is 2. The van der Waals surface area contributed by atoms with E-state index in [1.165, 1.54) is 36.7 Å². The van der Waals surface area contributed by atoms with Crippen LogP contribution in [0.15, 0.2) is 53.4 Å². The molecular formula is C17H17Cl2N3O5S. The SMILES string of the molecule is CC(C(=O)NO)N(Cc1ccccc1Cl)C(=O)NS(=O)(=O)c1ccc(Cl)cc1. The van der Waals surface area contributed by atoms with Crippen LogP contribution in [0.25, 0.3) is 0 Å². The second-order valence-corrected chi connectivity index (χ2v) is 8.26. The van der Waals surface area contributed by atoms with Gasteiger partial charge in [0.15, 0.2) is 0 Å². The lowest BCUT2D eigenvalue weighted by atomic mass is 10.2. The minimum Gasteiger partial charge on any atom is -0.308 e. The summed E-state index contributed by atoms with van der Waals surface area (Å²) >= 11 is 11.8. The first-order valence-electron chi connectivity index (χ1n) is 7.92. The summed E-state index contributed by atoms with van der Waals surface area (Å²) in [6.45, 7) is 1.16. The maximum atomic E-state index is 12.7.